The Kier molecular flexibility index (Phi) is 6.88. The monoisotopic (exact) mass is 564 g/mol. The molecular formula is C26H25F3N3O2S3+. The van der Waals surface area contributed by atoms with Gasteiger partial charge in [0.15, 0.2) is 12.0 Å². The lowest BCUT2D eigenvalue weighted by Gasteiger charge is -2.13. The second-order valence-electron chi connectivity index (χ2n) is 8.94. The molecule has 0 saturated carbocycles. The predicted molar refractivity (Wildman–Crippen MR) is 143 cm³/mol. The standard InChI is InChI=1S/C26H25F3N3O2S3/c1-5-32-22(13-21-31(10-11-35-21)14-17-7-9-20(34-17)26(27,28)29)37-23(24(32)33)25-30(4)18-8-6-16(15(2)3)12-19(18)36-25/h6-13,15H,5,14H2,1-4H3/q+1/b25-23+. The Labute approximate surface area is 223 Å². The van der Waals surface area contributed by atoms with E-state index in [0.717, 1.165) is 31.3 Å². The summed E-state index contributed by atoms with van der Waals surface area (Å²) in [5, 5.41) is 3.57. The number of rotatable bonds is 5. The van der Waals surface area contributed by atoms with E-state index < -0.39 is 11.9 Å². The van der Waals surface area contributed by atoms with Gasteiger partial charge in [0, 0.05) is 18.5 Å². The van der Waals surface area contributed by atoms with Gasteiger partial charge in [-0.2, -0.15) is 17.7 Å². The fraction of sp³-hybridized carbons (Fsp3) is 0.308. The van der Waals surface area contributed by atoms with E-state index >= 15 is 0 Å². The molecule has 0 saturated heterocycles. The summed E-state index contributed by atoms with van der Waals surface area (Å²) in [5.74, 6) is -0.384. The first kappa shape index (κ1) is 25.9. The number of halogens is 3. The van der Waals surface area contributed by atoms with E-state index in [1.54, 1.807) is 22.5 Å². The van der Waals surface area contributed by atoms with Crippen molar-refractivity contribution in [2.75, 3.05) is 11.9 Å². The van der Waals surface area contributed by atoms with Crippen LogP contribution in [0.1, 0.15) is 48.8 Å². The highest BCUT2D eigenvalue weighted by atomic mass is 32.2. The van der Waals surface area contributed by atoms with E-state index in [9.17, 15) is 18.0 Å². The number of alkyl halides is 3. The molecule has 1 aromatic carbocycles. The summed E-state index contributed by atoms with van der Waals surface area (Å²) in [5.41, 5.74) is 2.29. The molecule has 4 aromatic rings. The molecule has 0 bridgehead atoms. The number of furan rings is 1. The summed E-state index contributed by atoms with van der Waals surface area (Å²) in [6, 6.07) is 8.72. The highest BCUT2D eigenvalue weighted by Crippen LogP contribution is 2.46. The number of hydrogen-bond acceptors (Lipinski definition) is 6. The SMILES string of the molecule is CCn1c(=O)/c(=C2\Sc3cc(C(C)C)ccc3N2C)s/c1=C\c1scc[n+]1Cc1ccc(C(F)(F)F)o1. The average molecular weight is 565 g/mol. The van der Waals surface area contributed by atoms with Gasteiger partial charge in [-0.1, -0.05) is 43.0 Å². The zero-order valence-electron chi connectivity index (χ0n) is 20.6. The Bertz CT molecular complexity index is 1640. The van der Waals surface area contributed by atoms with Gasteiger partial charge in [0.25, 0.3) is 10.6 Å². The van der Waals surface area contributed by atoms with Crippen LogP contribution in [0.15, 0.2) is 56.0 Å². The van der Waals surface area contributed by atoms with Crippen LogP contribution in [0.2, 0.25) is 0 Å². The van der Waals surface area contributed by atoms with Crippen molar-refractivity contribution < 1.29 is 22.2 Å². The lowest BCUT2D eigenvalue weighted by atomic mass is 10.0. The maximum absolute atomic E-state index is 13.4. The van der Waals surface area contributed by atoms with Crippen molar-refractivity contribution in [3.63, 3.8) is 0 Å². The molecule has 0 radical (unpaired) electrons. The first-order valence-electron chi connectivity index (χ1n) is 11.7. The summed E-state index contributed by atoms with van der Waals surface area (Å²) in [6.07, 6.45) is -0.800. The first-order valence-corrected chi connectivity index (χ1v) is 14.2. The Balaban J connectivity index is 1.54. The van der Waals surface area contributed by atoms with Crippen LogP contribution in [0.25, 0.3) is 11.1 Å². The van der Waals surface area contributed by atoms with Crippen LogP contribution in [0.5, 0.6) is 0 Å². The molecule has 0 N–H and O–H groups in total. The molecule has 37 heavy (non-hydrogen) atoms. The Morgan fingerprint density at radius 2 is 1.97 bits per heavy atom. The van der Waals surface area contributed by atoms with E-state index in [1.165, 1.54) is 34.3 Å². The number of benzene rings is 1. The quantitative estimate of drug-likeness (QED) is 0.313. The third kappa shape index (κ3) is 4.92. The number of anilines is 1. The number of thiazole rings is 2. The molecule has 5 nitrogen and oxygen atoms in total. The lowest BCUT2D eigenvalue weighted by molar-refractivity contribution is -0.686. The summed E-state index contributed by atoms with van der Waals surface area (Å²) < 4.78 is 48.8. The van der Waals surface area contributed by atoms with Crippen molar-refractivity contribution in [3.8, 4) is 0 Å². The summed E-state index contributed by atoms with van der Waals surface area (Å²) in [6.45, 7) is 6.91. The normalized spacial score (nSPS) is 15.8. The minimum Gasteiger partial charge on any atom is -0.450 e. The second-order valence-corrected chi connectivity index (χ2v) is 11.9. The van der Waals surface area contributed by atoms with E-state index in [0.29, 0.717) is 17.0 Å². The van der Waals surface area contributed by atoms with Gasteiger partial charge in [0.05, 0.1) is 17.1 Å². The zero-order chi connectivity index (χ0) is 26.5. The van der Waals surface area contributed by atoms with E-state index in [2.05, 4.69) is 36.9 Å². The minimum absolute atomic E-state index is 0.0473. The Morgan fingerprint density at radius 3 is 2.65 bits per heavy atom. The fourth-order valence-electron chi connectivity index (χ4n) is 4.15. The molecule has 194 valence electrons. The number of hydrogen-bond donors (Lipinski definition) is 0. The molecule has 0 amide bonds. The van der Waals surface area contributed by atoms with Gasteiger partial charge in [-0.3, -0.25) is 9.36 Å². The van der Waals surface area contributed by atoms with E-state index in [4.69, 9.17) is 4.42 Å². The van der Waals surface area contributed by atoms with Crippen LogP contribution >= 0.6 is 34.4 Å². The highest BCUT2D eigenvalue weighted by Gasteiger charge is 2.35. The van der Waals surface area contributed by atoms with Gasteiger partial charge in [-0.05, 0) is 42.7 Å². The average Bonchev–Trinajstić information content (AvgIpc) is 3.61. The third-order valence-corrected chi connectivity index (χ3v) is 9.49. The fourth-order valence-corrected chi connectivity index (χ4v) is 7.51. The van der Waals surface area contributed by atoms with Crippen LogP contribution in [0, 0.1) is 0 Å². The summed E-state index contributed by atoms with van der Waals surface area (Å²) >= 11 is 4.49. The molecule has 1 aliphatic rings. The van der Waals surface area contributed by atoms with Crippen LogP contribution in [-0.4, -0.2) is 11.6 Å². The second kappa shape index (κ2) is 9.85. The molecule has 3 aromatic heterocycles. The third-order valence-electron chi connectivity index (χ3n) is 6.17. The largest absolute Gasteiger partial charge is 0.450 e. The molecular weight excluding hydrogens is 540 g/mol. The topological polar surface area (TPSA) is 42.3 Å². The number of aromatic nitrogens is 2. The Morgan fingerprint density at radius 1 is 1.19 bits per heavy atom. The molecule has 0 atom stereocenters. The molecule has 1 aliphatic heterocycles. The van der Waals surface area contributed by atoms with Gasteiger partial charge >= 0.3 is 6.18 Å². The molecule has 0 aliphatic carbocycles. The maximum atomic E-state index is 13.4. The molecule has 5 rings (SSSR count). The van der Waals surface area contributed by atoms with Crippen molar-refractivity contribution in [1.82, 2.24) is 4.57 Å². The molecule has 11 heteroatoms. The van der Waals surface area contributed by atoms with Crippen molar-refractivity contribution >= 4 is 51.2 Å². The minimum atomic E-state index is -4.52. The maximum Gasteiger partial charge on any atom is 0.449 e. The number of fused-ring (bicyclic) bond motifs is 1. The molecule has 4 heterocycles. The van der Waals surface area contributed by atoms with Crippen molar-refractivity contribution in [1.29, 1.82) is 0 Å². The van der Waals surface area contributed by atoms with Crippen LogP contribution < -0.4 is 24.2 Å². The van der Waals surface area contributed by atoms with Crippen molar-refractivity contribution in [2.24, 2.45) is 0 Å². The van der Waals surface area contributed by atoms with Gasteiger partial charge in [-0.15, -0.1) is 11.3 Å². The Hall–Kier alpha value is -2.76. The molecule has 0 unspecified atom stereocenters. The first-order chi connectivity index (χ1) is 17.6. The van der Waals surface area contributed by atoms with Crippen molar-refractivity contribution in [2.45, 2.75) is 50.9 Å². The van der Waals surface area contributed by atoms with Gasteiger partial charge < -0.3 is 9.32 Å². The van der Waals surface area contributed by atoms with Crippen LogP contribution in [0.4, 0.5) is 18.9 Å². The smallest absolute Gasteiger partial charge is 0.449 e. The number of thioether (sulfide) groups is 1. The zero-order valence-corrected chi connectivity index (χ0v) is 23.1. The van der Waals surface area contributed by atoms with Gasteiger partial charge in [0.2, 0.25) is 12.3 Å². The van der Waals surface area contributed by atoms with Crippen LogP contribution in [0.3, 0.4) is 0 Å². The lowest BCUT2D eigenvalue weighted by Crippen LogP contribution is -2.36. The highest BCUT2D eigenvalue weighted by molar-refractivity contribution is 8.08. The van der Waals surface area contributed by atoms with E-state index in [1.807, 2.05) is 30.0 Å². The van der Waals surface area contributed by atoms with E-state index in [-0.39, 0.29) is 17.9 Å². The number of nitrogens with zero attached hydrogens (tertiary/aromatic N) is 3. The molecule has 0 spiro atoms. The predicted octanol–water partition coefficient (Wildman–Crippen LogP) is 5.20. The van der Waals surface area contributed by atoms with Gasteiger partial charge in [-0.25, -0.2) is 0 Å². The summed E-state index contributed by atoms with van der Waals surface area (Å²) in [4.78, 5) is 16.7. The van der Waals surface area contributed by atoms with Crippen molar-refractivity contribution in [3.05, 3.63) is 83.5 Å². The van der Waals surface area contributed by atoms with Crippen LogP contribution in [-0.2, 0) is 19.3 Å². The summed E-state index contributed by atoms with van der Waals surface area (Å²) in [7, 11) is 1.98. The van der Waals surface area contributed by atoms with Gasteiger partial charge in [0.1, 0.15) is 14.2 Å². The molecule has 0 fully saturated rings.